The van der Waals surface area contributed by atoms with Gasteiger partial charge in [0.25, 0.3) is 5.56 Å². The highest BCUT2D eigenvalue weighted by Gasteiger charge is 2.08. The molecule has 0 bridgehead atoms. The summed E-state index contributed by atoms with van der Waals surface area (Å²) in [4.78, 5) is 19.0. The molecule has 1 heterocycles. The fraction of sp³-hybridized carbons (Fsp3) is 0.0588. The number of halogens is 3. The van der Waals surface area contributed by atoms with E-state index >= 15 is 0 Å². The minimum Gasteiger partial charge on any atom is -0.434 e. The molecule has 0 saturated heterocycles. The summed E-state index contributed by atoms with van der Waals surface area (Å²) < 4.78 is 30.1. The molecule has 0 radical (unpaired) electrons. The second-order valence-electron chi connectivity index (χ2n) is 4.86. The second-order valence-corrected chi connectivity index (χ2v) is 5.78. The maximum absolute atomic E-state index is 12.5. The topological polar surface area (TPSA) is 55.0 Å². The maximum Gasteiger partial charge on any atom is 0.387 e. The molecule has 0 saturated carbocycles. The first-order valence-electron chi connectivity index (χ1n) is 6.94. The highest BCUT2D eigenvalue weighted by atomic mass is 79.9. The zero-order chi connectivity index (χ0) is 17.1. The first kappa shape index (κ1) is 16.3. The van der Waals surface area contributed by atoms with Crippen LogP contribution in [0.15, 0.2) is 51.7 Å². The van der Waals surface area contributed by atoms with Crippen LogP contribution in [-0.4, -0.2) is 16.6 Å². The summed E-state index contributed by atoms with van der Waals surface area (Å²) in [6.07, 6.45) is 3.09. The molecule has 4 nitrogen and oxygen atoms in total. The number of aromatic amines is 1. The third-order valence-electron chi connectivity index (χ3n) is 3.24. The fourth-order valence-corrected chi connectivity index (χ4v) is 2.58. The molecular weight excluding hydrogens is 382 g/mol. The van der Waals surface area contributed by atoms with Crippen LogP contribution < -0.4 is 10.3 Å². The third kappa shape index (κ3) is 3.68. The molecule has 0 amide bonds. The van der Waals surface area contributed by atoms with E-state index in [2.05, 4.69) is 30.6 Å². The lowest BCUT2D eigenvalue weighted by Gasteiger charge is -2.08. The van der Waals surface area contributed by atoms with Crippen LogP contribution in [0.5, 0.6) is 5.75 Å². The molecule has 2 aromatic carbocycles. The number of aromatic nitrogens is 2. The van der Waals surface area contributed by atoms with Crippen LogP contribution in [0.1, 0.15) is 11.4 Å². The average molecular weight is 393 g/mol. The molecule has 0 aliphatic carbocycles. The SMILES string of the molecule is O=c1[nH]c(/C=C/c2cc(Br)ccc2OC(F)F)nc2ccccc12. The van der Waals surface area contributed by atoms with Crippen molar-refractivity contribution in [1.82, 2.24) is 9.97 Å². The van der Waals surface area contributed by atoms with Gasteiger partial charge >= 0.3 is 6.61 Å². The quantitative estimate of drug-likeness (QED) is 0.712. The van der Waals surface area contributed by atoms with Crippen molar-refractivity contribution in [3.05, 3.63) is 68.7 Å². The zero-order valence-corrected chi connectivity index (χ0v) is 13.8. The smallest absolute Gasteiger partial charge is 0.387 e. The summed E-state index contributed by atoms with van der Waals surface area (Å²) in [6.45, 7) is -2.92. The number of H-pyrrole nitrogens is 1. The molecule has 0 spiro atoms. The Labute approximate surface area is 143 Å². The molecular formula is C17H11BrF2N2O2. The van der Waals surface area contributed by atoms with Gasteiger partial charge < -0.3 is 9.72 Å². The fourth-order valence-electron chi connectivity index (χ4n) is 2.21. The van der Waals surface area contributed by atoms with Crippen LogP contribution in [0, 0.1) is 0 Å². The maximum atomic E-state index is 12.5. The van der Waals surface area contributed by atoms with E-state index in [4.69, 9.17) is 0 Å². The lowest BCUT2D eigenvalue weighted by atomic mass is 10.2. The van der Waals surface area contributed by atoms with Crippen molar-refractivity contribution in [3.8, 4) is 5.75 Å². The molecule has 1 N–H and O–H groups in total. The number of nitrogens with one attached hydrogen (secondary N) is 1. The summed E-state index contributed by atoms with van der Waals surface area (Å²) >= 11 is 3.28. The van der Waals surface area contributed by atoms with E-state index in [0.717, 1.165) is 0 Å². The number of rotatable bonds is 4. The molecule has 0 unspecified atom stereocenters. The second kappa shape index (κ2) is 6.92. The molecule has 3 aromatic rings. The van der Waals surface area contributed by atoms with Crippen molar-refractivity contribution < 1.29 is 13.5 Å². The van der Waals surface area contributed by atoms with Gasteiger partial charge in [-0.1, -0.05) is 28.1 Å². The molecule has 7 heteroatoms. The molecule has 0 fully saturated rings. The van der Waals surface area contributed by atoms with Crippen LogP contribution in [0.4, 0.5) is 8.78 Å². The summed E-state index contributed by atoms with van der Waals surface area (Å²) in [6, 6.07) is 11.6. The van der Waals surface area contributed by atoms with E-state index in [1.807, 2.05) is 0 Å². The number of ether oxygens (including phenoxy) is 1. The Morgan fingerprint density at radius 1 is 1.17 bits per heavy atom. The van der Waals surface area contributed by atoms with E-state index < -0.39 is 6.61 Å². The van der Waals surface area contributed by atoms with Crippen LogP contribution in [0.25, 0.3) is 23.1 Å². The highest BCUT2D eigenvalue weighted by Crippen LogP contribution is 2.26. The van der Waals surface area contributed by atoms with Crippen LogP contribution in [0.2, 0.25) is 0 Å². The lowest BCUT2D eigenvalue weighted by molar-refractivity contribution is -0.0499. The largest absolute Gasteiger partial charge is 0.434 e. The van der Waals surface area contributed by atoms with Crippen LogP contribution in [0.3, 0.4) is 0 Å². The number of benzene rings is 2. The minimum absolute atomic E-state index is 0.0348. The monoisotopic (exact) mass is 392 g/mol. The van der Waals surface area contributed by atoms with E-state index in [1.54, 1.807) is 42.5 Å². The van der Waals surface area contributed by atoms with Gasteiger partial charge in [0.1, 0.15) is 11.6 Å². The van der Waals surface area contributed by atoms with Crippen molar-refractivity contribution in [2.24, 2.45) is 0 Å². The molecule has 1 aromatic heterocycles. The predicted molar refractivity (Wildman–Crippen MR) is 92.1 cm³/mol. The van der Waals surface area contributed by atoms with E-state index in [9.17, 15) is 13.6 Å². The Hall–Kier alpha value is -2.54. The van der Waals surface area contributed by atoms with E-state index in [1.165, 1.54) is 12.1 Å². The highest BCUT2D eigenvalue weighted by molar-refractivity contribution is 9.10. The Morgan fingerprint density at radius 2 is 1.96 bits per heavy atom. The van der Waals surface area contributed by atoms with Gasteiger partial charge in [0.15, 0.2) is 0 Å². The number of nitrogens with zero attached hydrogens (tertiary/aromatic N) is 1. The molecule has 122 valence electrons. The number of hydrogen-bond acceptors (Lipinski definition) is 3. The standard InChI is InChI=1S/C17H11BrF2N2O2/c18-11-6-7-14(24-17(19)20)10(9-11)5-8-15-21-13-4-2-1-3-12(13)16(23)22-15/h1-9,17H,(H,21,22,23)/b8-5+. The number of alkyl halides is 2. The lowest BCUT2D eigenvalue weighted by Crippen LogP contribution is -2.09. The average Bonchev–Trinajstić information content (AvgIpc) is 2.55. The summed E-state index contributed by atoms with van der Waals surface area (Å²) in [7, 11) is 0. The van der Waals surface area contributed by atoms with Crippen molar-refractivity contribution in [3.63, 3.8) is 0 Å². The van der Waals surface area contributed by atoms with Gasteiger partial charge in [-0.15, -0.1) is 0 Å². The first-order chi connectivity index (χ1) is 11.5. The number of fused-ring (bicyclic) bond motifs is 1. The number of hydrogen-bond donors (Lipinski definition) is 1. The van der Waals surface area contributed by atoms with Crippen LogP contribution in [-0.2, 0) is 0 Å². The van der Waals surface area contributed by atoms with Crippen molar-refractivity contribution in [1.29, 1.82) is 0 Å². The predicted octanol–water partition coefficient (Wildman–Crippen LogP) is 4.46. The Morgan fingerprint density at radius 3 is 2.75 bits per heavy atom. The van der Waals surface area contributed by atoms with Gasteiger partial charge in [0, 0.05) is 10.0 Å². The van der Waals surface area contributed by atoms with Gasteiger partial charge in [-0.3, -0.25) is 4.79 Å². The minimum atomic E-state index is -2.92. The summed E-state index contributed by atoms with van der Waals surface area (Å²) in [5, 5.41) is 0.485. The number of para-hydroxylation sites is 1. The van der Waals surface area contributed by atoms with Crippen molar-refractivity contribution in [2.75, 3.05) is 0 Å². The van der Waals surface area contributed by atoms with E-state index in [-0.39, 0.29) is 11.3 Å². The molecule has 3 rings (SSSR count). The molecule has 24 heavy (non-hydrogen) atoms. The Balaban J connectivity index is 1.99. The van der Waals surface area contributed by atoms with Gasteiger partial charge in [-0.25, -0.2) is 4.98 Å². The Bertz CT molecular complexity index is 970. The Kier molecular flexibility index (Phi) is 4.71. The van der Waals surface area contributed by atoms with Gasteiger partial charge in [0.05, 0.1) is 10.9 Å². The first-order valence-corrected chi connectivity index (χ1v) is 7.74. The molecule has 0 aliphatic heterocycles. The normalized spacial score (nSPS) is 11.5. The van der Waals surface area contributed by atoms with E-state index in [0.29, 0.717) is 26.8 Å². The zero-order valence-electron chi connectivity index (χ0n) is 12.2. The third-order valence-corrected chi connectivity index (χ3v) is 3.73. The van der Waals surface area contributed by atoms with Crippen molar-refractivity contribution >= 4 is 39.0 Å². The van der Waals surface area contributed by atoms with Gasteiger partial charge in [-0.05, 0) is 42.5 Å². The van der Waals surface area contributed by atoms with Gasteiger partial charge in [0.2, 0.25) is 0 Å². The van der Waals surface area contributed by atoms with Crippen LogP contribution >= 0.6 is 15.9 Å². The summed E-state index contributed by atoms with van der Waals surface area (Å²) in [5.41, 5.74) is 0.721. The van der Waals surface area contributed by atoms with Crippen molar-refractivity contribution in [2.45, 2.75) is 6.61 Å². The molecule has 0 atom stereocenters. The summed E-state index contributed by atoms with van der Waals surface area (Å²) in [5.74, 6) is 0.356. The van der Waals surface area contributed by atoms with Gasteiger partial charge in [-0.2, -0.15) is 8.78 Å². The molecule has 0 aliphatic rings.